The van der Waals surface area contributed by atoms with E-state index in [4.69, 9.17) is 9.47 Å². The van der Waals surface area contributed by atoms with Gasteiger partial charge in [-0.1, -0.05) is 37.8 Å². The van der Waals surface area contributed by atoms with Crippen LogP contribution >= 0.6 is 0 Å². The fraction of sp³-hybridized carbons (Fsp3) is 0.625. The minimum atomic E-state index is -0.283. The molecule has 2 aliphatic heterocycles. The molecule has 2 aliphatic carbocycles. The van der Waals surface area contributed by atoms with Crippen LogP contribution in [0.1, 0.15) is 81.4 Å². The molecule has 1 saturated carbocycles. The van der Waals surface area contributed by atoms with Gasteiger partial charge in [-0.2, -0.15) is 0 Å². The van der Waals surface area contributed by atoms with Gasteiger partial charge in [0.25, 0.3) is 0 Å². The number of ether oxygens (including phenoxy) is 2. The van der Waals surface area contributed by atoms with Gasteiger partial charge in [0, 0.05) is 19.1 Å². The highest BCUT2D eigenvalue weighted by Gasteiger charge is 2.58. The van der Waals surface area contributed by atoms with Gasteiger partial charge < -0.3 is 14.6 Å². The number of aromatic hydroxyl groups is 1. The van der Waals surface area contributed by atoms with E-state index in [0.717, 1.165) is 61.6 Å². The molecule has 3 fully saturated rings. The van der Waals surface area contributed by atoms with Gasteiger partial charge in [-0.15, -0.1) is 0 Å². The minimum Gasteiger partial charge on any atom is -0.507 e. The number of rotatable bonds is 8. The number of phenolic OH excluding ortho intramolecular Hbond substituents is 1. The van der Waals surface area contributed by atoms with E-state index >= 15 is 0 Å². The van der Waals surface area contributed by atoms with E-state index < -0.39 is 0 Å². The van der Waals surface area contributed by atoms with E-state index in [-0.39, 0.29) is 41.7 Å². The Balaban J connectivity index is 1.35. The number of methoxy groups -OCH3 is 1. The highest BCUT2D eigenvalue weighted by molar-refractivity contribution is 6.06. The maximum atomic E-state index is 13.7. The first-order valence-corrected chi connectivity index (χ1v) is 14.5. The van der Waals surface area contributed by atoms with Crippen LogP contribution in [0.5, 0.6) is 5.75 Å². The molecule has 2 heterocycles. The van der Waals surface area contributed by atoms with E-state index in [0.29, 0.717) is 25.4 Å². The number of imide groups is 1. The third-order valence-corrected chi connectivity index (χ3v) is 9.37. The average Bonchev–Trinajstić information content (AvgIpc) is 3.44. The van der Waals surface area contributed by atoms with Gasteiger partial charge >= 0.3 is 0 Å². The van der Waals surface area contributed by atoms with Gasteiger partial charge in [0.2, 0.25) is 11.8 Å². The summed E-state index contributed by atoms with van der Waals surface area (Å²) in [4.78, 5) is 28.9. The average molecular weight is 522 g/mol. The van der Waals surface area contributed by atoms with Crippen molar-refractivity contribution in [3.63, 3.8) is 0 Å². The van der Waals surface area contributed by atoms with Gasteiger partial charge in [-0.3, -0.25) is 14.5 Å². The standard InChI is InChI=1S/C32H43NO5/c1-5-21(15-22-13-19(2)30(34)20(3)14-22)11-12-27-28-23(17-37-4)16-25-29(26(28)18-38-27)32(36)33(31(25)35)24-9-7-6-8-10-24/h13-15,24-27,29,34H,5-12,16-18H2,1-4H3/b21-15+/t25-,26+,27-,29-/m1/s1. The fourth-order valence-electron chi connectivity index (χ4n) is 7.48. The SMILES string of the molecule is CC/C(=C\c1cc(C)c(O)c(C)c1)CC[C@H]1OC[C@H]2C1=C(COC)C[C@H]1C(=O)N(C3CCCCC3)C(=O)[C@H]12. The second-order valence-electron chi connectivity index (χ2n) is 11.8. The van der Waals surface area contributed by atoms with Crippen LogP contribution in [0.25, 0.3) is 6.08 Å². The number of carbonyl (C=O) groups is 2. The van der Waals surface area contributed by atoms with Crippen molar-refractivity contribution in [3.8, 4) is 5.75 Å². The molecule has 4 aliphatic rings. The van der Waals surface area contributed by atoms with Crippen LogP contribution in [-0.2, 0) is 19.1 Å². The summed E-state index contributed by atoms with van der Waals surface area (Å²) in [7, 11) is 1.70. The highest BCUT2D eigenvalue weighted by atomic mass is 16.5. The van der Waals surface area contributed by atoms with Crippen molar-refractivity contribution >= 4 is 17.9 Å². The first-order valence-electron chi connectivity index (χ1n) is 14.5. The Morgan fingerprint density at radius 3 is 2.47 bits per heavy atom. The van der Waals surface area contributed by atoms with Crippen LogP contribution < -0.4 is 0 Å². The van der Waals surface area contributed by atoms with Crippen molar-refractivity contribution in [3.05, 3.63) is 45.5 Å². The summed E-state index contributed by atoms with van der Waals surface area (Å²) in [5.41, 5.74) is 6.61. The predicted molar refractivity (Wildman–Crippen MR) is 148 cm³/mol. The molecule has 2 amide bonds. The molecule has 1 aromatic rings. The number of likely N-dealkylation sites (tertiary alicyclic amines) is 1. The Morgan fingerprint density at radius 2 is 1.82 bits per heavy atom. The number of hydrogen-bond donors (Lipinski definition) is 1. The first kappa shape index (κ1) is 27.1. The van der Waals surface area contributed by atoms with E-state index in [9.17, 15) is 14.7 Å². The molecule has 0 bridgehead atoms. The molecule has 0 radical (unpaired) electrons. The predicted octanol–water partition coefficient (Wildman–Crippen LogP) is 5.88. The van der Waals surface area contributed by atoms with Crippen molar-refractivity contribution in [1.82, 2.24) is 4.90 Å². The summed E-state index contributed by atoms with van der Waals surface area (Å²) in [5.74, 6) is -0.126. The van der Waals surface area contributed by atoms with E-state index in [1.165, 1.54) is 23.1 Å². The fourth-order valence-corrected chi connectivity index (χ4v) is 7.48. The van der Waals surface area contributed by atoms with Crippen molar-refractivity contribution in [1.29, 1.82) is 0 Å². The Bertz CT molecular complexity index is 1120. The largest absolute Gasteiger partial charge is 0.507 e. The van der Waals surface area contributed by atoms with Crippen LogP contribution in [-0.4, -0.2) is 54.3 Å². The molecule has 2 saturated heterocycles. The quantitative estimate of drug-likeness (QED) is 0.342. The Hall–Kier alpha value is -2.44. The highest BCUT2D eigenvalue weighted by Crippen LogP contribution is 2.50. The molecule has 0 spiro atoms. The van der Waals surface area contributed by atoms with E-state index in [1.54, 1.807) is 12.0 Å². The van der Waals surface area contributed by atoms with Crippen LogP contribution in [0.4, 0.5) is 0 Å². The van der Waals surface area contributed by atoms with Crippen molar-refractivity contribution in [2.24, 2.45) is 17.8 Å². The van der Waals surface area contributed by atoms with Gasteiger partial charge in [0.1, 0.15) is 5.75 Å². The van der Waals surface area contributed by atoms with Crippen LogP contribution in [0, 0.1) is 31.6 Å². The molecule has 38 heavy (non-hydrogen) atoms. The summed E-state index contributed by atoms with van der Waals surface area (Å²) in [6, 6.07) is 4.13. The zero-order chi connectivity index (χ0) is 27.0. The zero-order valence-electron chi connectivity index (χ0n) is 23.4. The third kappa shape index (κ3) is 4.98. The number of nitrogens with zero attached hydrogens (tertiary/aromatic N) is 1. The van der Waals surface area contributed by atoms with Crippen LogP contribution in [0.2, 0.25) is 0 Å². The molecule has 5 rings (SSSR count). The topological polar surface area (TPSA) is 76.1 Å². The van der Waals surface area contributed by atoms with E-state index in [2.05, 4.69) is 13.0 Å². The van der Waals surface area contributed by atoms with Gasteiger partial charge in [0.15, 0.2) is 0 Å². The van der Waals surface area contributed by atoms with E-state index in [1.807, 2.05) is 26.0 Å². The second kappa shape index (κ2) is 11.4. The normalized spacial score (nSPS) is 28.3. The number of fused-ring (bicyclic) bond motifs is 3. The molecular formula is C32H43NO5. The van der Waals surface area contributed by atoms with Crippen molar-refractivity contribution in [2.45, 2.75) is 90.7 Å². The summed E-state index contributed by atoms with van der Waals surface area (Å²) < 4.78 is 12.0. The van der Waals surface area contributed by atoms with Crippen molar-refractivity contribution in [2.75, 3.05) is 20.3 Å². The van der Waals surface area contributed by atoms with Gasteiger partial charge in [-0.05, 0) is 92.3 Å². The lowest BCUT2D eigenvalue weighted by atomic mass is 9.69. The molecule has 1 aromatic carbocycles. The Morgan fingerprint density at radius 1 is 1.11 bits per heavy atom. The lowest BCUT2D eigenvalue weighted by molar-refractivity contribution is -0.143. The number of aryl methyl sites for hydroxylation is 2. The first-order chi connectivity index (χ1) is 18.3. The molecule has 6 nitrogen and oxygen atoms in total. The molecule has 1 N–H and O–H groups in total. The van der Waals surface area contributed by atoms with Crippen LogP contribution in [0.15, 0.2) is 28.9 Å². The number of phenols is 1. The lowest BCUT2D eigenvalue weighted by Gasteiger charge is -2.31. The Kier molecular flexibility index (Phi) is 8.11. The van der Waals surface area contributed by atoms with Crippen molar-refractivity contribution < 1.29 is 24.2 Å². The lowest BCUT2D eigenvalue weighted by Crippen LogP contribution is -2.42. The minimum absolute atomic E-state index is 0.0228. The number of hydrogen-bond acceptors (Lipinski definition) is 5. The zero-order valence-corrected chi connectivity index (χ0v) is 23.4. The monoisotopic (exact) mass is 521 g/mol. The summed E-state index contributed by atoms with van der Waals surface area (Å²) >= 11 is 0. The third-order valence-electron chi connectivity index (χ3n) is 9.37. The molecule has 4 atom stereocenters. The smallest absolute Gasteiger partial charge is 0.234 e. The van der Waals surface area contributed by atoms with Gasteiger partial charge in [-0.25, -0.2) is 0 Å². The number of amides is 2. The maximum Gasteiger partial charge on any atom is 0.234 e. The molecule has 206 valence electrons. The second-order valence-corrected chi connectivity index (χ2v) is 11.8. The number of carbonyl (C=O) groups excluding carboxylic acids is 2. The summed E-state index contributed by atoms with van der Waals surface area (Å²) in [5, 5.41) is 10.1. The number of benzene rings is 1. The molecule has 0 aromatic heterocycles. The van der Waals surface area contributed by atoms with Crippen LogP contribution in [0.3, 0.4) is 0 Å². The molecule has 0 unspecified atom stereocenters. The molecular weight excluding hydrogens is 478 g/mol. The molecule has 6 heteroatoms. The summed E-state index contributed by atoms with van der Waals surface area (Å²) in [6.07, 6.45) is 10.8. The summed E-state index contributed by atoms with van der Waals surface area (Å²) in [6.45, 7) is 7.04. The Labute approximate surface area is 227 Å². The maximum absolute atomic E-state index is 13.7. The number of allylic oxidation sites excluding steroid dienone is 1. The van der Waals surface area contributed by atoms with Gasteiger partial charge in [0.05, 0.1) is 31.2 Å².